The summed E-state index contributed by atoms with van der Waals surface area (Å²) in [4.78, 5) is 16.1. The lowest BCUT2D eigenvalue weighted by molar-refractivity contribution is -0.123. The van der Waals surface area contributed by atoms with Gasteiger partial charge in [0.1, 0.15) is 5.78 Å². The van der Waals surface area contributed by atoms with Crippen LogP contribution in [0.15, 0.2) is 18.5 Å². The third-order valence-electron chi connectivity index (χ3n) is 3.45. The molecule has 2 atom stereocenters. The van der Waals surface area contributed by atoms with Crippen LogP contribution >= 0.6 is 11.6 Å². The Labute approximate surface area is 106 Å². The molecule has 1 aromatic heterocycles. The summed E-state index contributed by atoms with van der Waals surface area (Å²) in [7, 11) is 0. The molecule has 1 saturated carbocycles. The minimum atomic E-state index is 0.00739. The van der Waals surface area contributed by atoms with Crippen LogP contribution in [0.1, 0.15) is 31.2 Å². The fraction of sp³-hybridized carbons (Fsp3) is 0.538. The molecule has 1 fully saturated rings. The summed E-state index contributed by atoms with van der Waals surface area (Å²) in [5, 5.41) is 0.560. The predicted octanol–water partition coefficient (Wildman–Crippen LogP) is 2.36. The van der Waals surface area contributed by atoms with Crippen molar-refractivity contribution in [3.8, 4) is 0 Å². The first-order valence-electron chi connectivity index (χ1n) is 6.05. The summed E-state index contributed by atoms with van der Waals surface area (Å²) >= 11 is 6.00. The highest BCUT2D eigenvalue weighted by atomic mass is 35.5. The zero-order valence-electron chi connectivity index (χ0n) is 9.73. The quantitative estimate of drug-likeness (QED) is 0.899. The van der Waals surface area contributed by atoms with Gasteiger partial charge in [-0.15, -0.1) is 0 Å². The van der Waals surface area contributed by atoms with Crippen molar-refractivity contribution in [2.24, 2.45) is 11.7 Å². The zero-order chi connectivity index (χ0) is 12.3. The van der Waals surface area contributed by atoms with Crippen molar-refractivity contribution >= 4 is 17.4 Å². The van der Waals surface area contributed by atoms with E-state index in [0.717, 1.165) is 31.2 Å². The van der Waals surface area contributed by atoms with Gasteiger partial charge in [0.05, 0.1) is 5.02 Å². The number of nitrogens with zero attached hydrogens (tertiary/aromatic N) is 1. The zero-order valence-corrected chi connectivity index (χ0v) is 10.5. The maximum Gasteiger partial charge on any atom is 0.141 e. The third kappa shape index (κ3) is 3.05. The number of carbonyl (C=O) groups excluding carboxylic acids is 1. The highest BCUT2D eigenvalue weighted by Gasteiger charge is 2.28. The lowest BCUT2D eigenvalue weighted by atomic mass is 9.81. The topological polar surface area (TPSA) is 56.0 Å². The summed E-state index contributed by atoms with van der Waals surface area (Å²) in [6.07, 6.45) is 7.73. The molecule has 2 rings (SSSR count). The summed E-state index contributed by atoms with van der Waals surface area (Å²) in [6, 6.07) is 1.83. The minimum absolute atomic E-state index is 0.00739. The van der Waals surface area contributed by atoms with E-state index in [4.69, 9.17) is 17.3 Å². The van der Waals surface area contributed by atoms with E-state index in [-0.39, 0.29) is 17.7 Å². The van der Waals surface area contributed by atoms with Crippen LogP contribution in [-0.2, 0) is 11.2 Å². The van der Waals surface area contributed by atoms with E-state index in [9.17, 15) is 4.79 Å². The maximum atomic E-state index is 12.2. The van der Waals surface area contributed by atoms with Crippen molar-refractivity contribution in [2.45, 2.75) is 38.1 Å². The van der Waals surface area contributed by atoms with E-state index in [1.165, 1.54) is 0 Å². The number of nitrogens with two attached hydrogens (primary N) is 1. The normalized spacial score (nSPS) is 24.6. The van der Waals surface area contributed by atoms with Crippen molar-refractivity contribution in [2.75, 3.05) is 0 Å². The largest absolute Gasteiger partial charge is 0.327 e. The summed E-state index contributed by atoms with van der Waals surface area (Å²) in [5.74, 6) is 0.221. The number of aromatic nitrogens is 1. The lowest BCUT2D eigenvalue weighted by Gasteiger charge is -2.27. The fourth-order valence-electron chi connectivity index (χ4n) is 2.43. The average Bonchev–Trinajstić information content (AvgIpc) is 2.32. The standard InChI is InChI=1S/C13H17ClN2O/c14-11-8-16-6-5-9(11)7-13(17)10-3-1-2-4-12(10)15/h5-6,8,10,12H,1-4,7,15H2. The molecule has 4 heteroatoms. The molecule has 1 aliphatic carbocycles. The number of halogens is 1. The van der Waals surface area contributed by atoms with Gasteiger partial charge in [0, 0.05) is 30.8 Å². The first kappa shape index (κ1) is 12.5. The van der Waals surface area contributed by atoms with Crippen molar-refractivity contribution in [1.82, 2.24) is 4.98 Å². The molecule has 0 bridgehead atoms. The second-order valence-corrected chi connectivity index (χ2v) is 5.07. The molecule has 1 heterocycles. The molecule has 0 aromatic carbocycles. The Hall–Kier alpha value is -0.930. The first-order chi connectivity index (χ1) is 8.18. The molecule has 17 heavy (non-hydrogen) atoms. The molecule has 2 unspecified atom stereocenters. The van der Waals surface area contributed by atoms with Crippen molar-refractivity contribution < 1.29 is 4.79 Å². The molecule has 1 aliphatic rings. The van der Waals surface area contributed by atoms with Crippen molar-refractivity contribution in [3.63, 3.8) is 0 Å². The SMILES string of the molecule is NC1CCCCC1C(=O)Cc1ccncc1Cl. The fourth-order valence-corrected chi connectivity index (χ4v) is 2.61. The van der Waals surface area contributed by atoms with Gasteiger partial charge in [0.25, 0.3) is 0 Å². The Morgan fingerprint density at radius 1 is 1.47 bits per heavy atom. The van der Waals surface area contributed by atoms with Crippen LogP contribution in [0.4, 0.5) is 0 Å². The van der Waals surface area contributed by atoms with Gasteiger partial charge in [-0.2, -0.15) is 0 Å². The van der Waals surface area contributed by atoms with E-state index in [0.29, 0.717) is 11.4 Å². The first-order valence-corrected chi connectivity index (χ1v) is 6.43. The van der Waals surface area contributed by atoms with Crippen LogP contribution in [-0.4, -0.2) is 16.8 Å². The highest BCUT2D eigenvalue weighted by Crippen LogP contribution is 2.26. The van der Waals surface area contributed by atoms with Crippen LogP contribution in [0, 0.1) is 5.92 Å². The van der Waals surface area contributed by atoms with Gasteiger partial charge in [-0.05, 0) is 24.5 Å². The number of ketones is 1. The maximum absolute atomic E-state index is 12.2. The molecule has 0 spiro atoms. The Balaban J connectivity index is 2.03. The Bertz CT molecular complexity index is 408. The average molecular weight is 253 g/mol. The predicted molar refractivity (Wildman–Crippen MR) is 67.9 cm³/mol. The van der Waals surface area contributed by atoms with Gasteiger partial charge in [0.2, 0.25) is 0 Å². The second-order valence-electron chi connectivity index (χ2n) is 4.66. The van der Waals surface area contributed by atoms with E-state index >= 15 is 0 Å². The molecule has 92 valence electrons. The van der Waals surface area contributed by atoms with Crippen LogP contribution in [0.2, 0.25) is 5.02 Å². The third-order valence-corrected chi connectivity index (χ3v) is 3.79. The number of hydrogen-bond acceptors (Lipinski definition) is 3. The molecule has 0 saturated heterocycles. The second kappa shape index (κ2) is 5.61. The number of rotatable bonds is 3. The van der Waals surface area contributed by atoms with Crippen LogP contribution < -0.4 is 5.73 Å². The molecular formula is C13H17ClN2O. The smallest absolute Gasteiger partial charge is 0.141 e. The number of Topliss-reactive ketones (excluding diaryl/α,β-unsaturated/α-hetero) is 1. The van der Waals surface area contributed by atoms with Gasteiger partial charge in [-0.1, -0.05) is 24.4 Å². The Morgan fingerprint density at radius 3 is 2.94 bits per heavy atom. The van der Waals surface area contributed by atoms with Gasteiger partial charge in [-0.25, -0.2) is 0 Å². The van der Waals surface area contributed by atoms with Gasteiger partial charge in [0.15, 0.2) is 0 Å². The highest BCUT2D eigenvalue weighted by molar-refractivity contribution is 6.31. The van der Waals surface area contributed by atoms with Crippen LogP contribution in [0.5, 0.6) is 0 Å². The lowest BCUT2D eigenvalue weighted by Crippen LogP contribution is -2.38. The van der Waals surface area contributed by atoms with Crippen LogP contribution in [0.3, 0.4) is 0 Å². The summed E-state index contributed by atoms with van der Waals surface area (Å²) < 4.78 is 0. The number of carbonyl (C=O) groups is 1. The molecular weight excluding hydrogens is 236 g/mol. The monoisotopic (exact) mass is 252 g/mol. The number of hydrogen-bond donors (Lipinski definition) is 1. The van der Waals surface area contributed by atoms with Gasteiger partial charge < -0.3 is 5.73 Å². The molecule has 1 aromatic rings. The molecule has 3 nitrogen and oxygen atoms in total. The van der Waals surface area contributed by atoms with Gasteiger partial charge in [-0.3, -0.25) is 9.78 Å². The van der Waals surface area contributed by atoms with E-state index < -0.39 is 0 Å². The summed E-state index contributed by atoms with van der Waals surface area (Å²) in [5.41, 5.74) is 6.86. The van der Waals surface area contributed by atoms with Gasteiger partial charge >= 0.3 is 0 Å². The Morgan fingerprint density at radius 2 is 2.24 bits per heavy atom. The molecule has 0 radical (unpaired) electrons. The number of pyridine rings is 1. The van der Waals surface area contributed by atoms with Crippen molar-refractivity contribution in [1.29, 1.82) is 0 Å². The van der Waals surface area contributed by atoms with E-state index in [1.807, 2.05) is 0 Å². The Kier molecular flexibility index (Phi) is 4.13. The molecule has 0 aliphatic heterocycles. The summed E-state index contributed by atoms with van der Waals surface area (Å²) in [6.45, 7) is 0. The van der Waals surface area contributed by atoms with Crippen molar-refractivity contribution in [3.05, 3.63) is 29.0 Å². The molecule has 2 N–H and O–H groups in total. The van der Waals surface area contributed by atoms with Crippen LogP contribution in [0.25, 0.3) is 0 Å². The molecule has 0 amide bonds. The van der Waals surface area contributed by atoms with E-state index in [2.05, 4.69) is 4.98 Å². The minimum Gasteiger partial charge on any atom is -0.327 e. The van der Waals surface area contributed by atoms with E-state index in [1.54, 1.807) is 18.5 Å².